The van der Waals surface area contributed by atoms with Gasteiger partial charge in [0.15, 0.2) is 0 Å². The molecule has 1 aromatic rings. The molecular formula is C16H24ClN3. The predicted molar refractivity (Wildman–Crippen MR) is 86.5 cm³/mol. The number of hydrogen-bond donors (Lipinski definition) is 0. The van der Waals surface area contributed by atoms with Crippen LogP contribution in [0.1, 0.15) is 32.8 Å². The third-order valence-corrected chi connectivity index (χ3v) is 3.90. The van der Waals surface area contributed by atoms with Gasteiger partial charge in [-0.25, -0.2) is 0 Å². The smallest absolute Gasteiger partial charge is 0.0992 e. The van der Waals surface area contributed by atoms with E-state index >= 15 is 0 Å². The Hall–Kier alpha value is -1.24. The minimum Gasteiger partial charge on any atom is -0.371 e. The van der Waals surface area contributed by atoms with Crippen LogP contribution in [0.4, 0.5) is 5.69 Å². The molecule has 20 heavy (non-hydrogen) atoms. The maximum atomic E-state index is 8.88. The Morgan fingerprint density at radius 2 is 1.80 bits per heavy atom. The third-order valence-electron chi connectivity index (χ3n) is 3.60. The van der Waals surface area contributed by atoms with Crippen molar-refractivity contribution < 1.29 is 0 Å². The number of benzene rings is 1. The summed E-state index contributed by atoms with van der Waals surface area (Å²) in [4.78, 5) is 4.70. The molecule has 0 heterocycles. The van der Waals surface area contributed by atoms with E-state index in [4.69, 9.17) is 16.9 Å². The van der Waals surface area contributed by atoms with Gasteiger partial charge in [-0.15, -0.1) is 0 Å². The van der Waals surface area contributed by atoms with Crippen LogP contribution in [0.15, 0.2) is 18.2 Å². The highest BCUT2D eigenvalue weighted by Gasteiger charge is 2.10. The van der Waals surface area contributed by atoms with Gasteiger partial charge in [0.25, 0.3) is 0 Å². The molecule has 0 radical (unpaired) electrons. The lowest BCUT2D eigenvalue weighted by Crippen LogP contribution is -2.30. The van der Waals surface area contributed by atoms with Crippen LogP contribution < -0.4 is 4.90 Å². The van der Waals surface area contributed by atoms with Crippen LogP contribution in [0.25, 0.3) is 0 Å². The fourth-order valence-corrected chi connectivity index (χ4v) is 2.61. The number of anilines is 1. The lowest BCUT2D eigenvalue weighted by Gasteiger charge is -2.26. The topological polar surface area (TPSA) is 30.3 Å². The Labute approximate surface area is 127 Å². The van der Waals surface area contributed by atoms with Gasteiger partial charge in [0.05, 0.1) is 22.3 Å². The van der Waals surface area contributed by atoms with E-state index in [1.807, 2.05) is 12.1 Å². The number of nitrogens with zero attached hydrogens (tertiary/aromatic N) is 3. The SMILES string of the molecule is CCN(CC)CCCN(CC)c1ccc(C#N)cc1Cl. The summed E-state index contributed by atoms with van der Waals surface area (Å²) in [5.74, 6) is 0. The molecule has 0 bridgehead atoms. The zero-order valence-corrected chi connectivity index (χ0v) is 13.5. The fraction of sp³-hybridized carbons (Fsp3) is 0.562. The van der Waals surface area contributed by atoms with Crippen molar-refractivity contribution in [1.29, 1.82) is 5.26 Å². The second-order valence-corrected chi connectivity index (χ2v) is 5.15. The summed E-state index contributed by atoms with van der Waals surface area (Å²) >= 11 is 6.27. The Morgan fingerprint density at radius 1 is 1.10 bits per heavy atom. The van der Waals surface area contributed by atoms with Crippen LogP contribution in [-0.4, -0.2) is 37.6 Å². The average molecular weight is 294 g/mol. The second-order valence-electron chi connectivity index (χ2n) is 4.74. The quantitative estimate of drug-likeness (QED) is 0.731. The Balaban J connectivity index is 2.65. The summed E-state index contributed by atoms with van der Waals surface area (Å²) in [6.45, 7) is 11.7. The normalized spacial score (nSPS) is 10.6. The van der Waals surface area contributed by atoms with Gasteiger partial charge in [0, 0.05) is 13.1 Å². The van der Waals surface area contributed by atoms with Crippen molar-refractivity contribution in [3.05, 3.63) is 28.8 Å². The summed E-state index contributed by atoms with van der Waals surface area (Å²) in [5.41, 5.74) is 1.63. The van der Waals surface area contributed by atoms with Crippen molar-refractivity contribution in [1.82, 2.24) is 4.90 Å². The van der Waals surface area contributed by atoms with Gasteiger partial charge in [0.2, 0.25) is 0 Å². The van der Waals surface area contributed by atoms with Crippen molar-refractivity contribution in [3.63, 3.8) is 0 Å². The molecule has 0 aliphatic carbocycles. The zero-order chi connectivity index (χ0) is 15.0. The first-order valence-electron chi connectivity index (χ1n) is 7.33. The fourth-order valence-electron chi connectivity index (χ4n) is 2.31. The molecule has 0 amide bonds. The van der Waals surface area contributed by atoms with Crippen molar-refractivity contribution in [2.24, 2.45) is 0 Å². The molecule has 0 aliphatic rings. The summed E-state index contributed by atoms with van der Waals surface area (Å²) < 4.78 is 0. The van der Waals surface area contributed by atoms with Crippen molar-refractivity contribution in [3.8, 4) is 6.07 Å². The monoisotopic (exact) mass is 293 g/mol. The molecule has 0 saturated heterocycles. The van der Waals surface area contributed by atoms with Gasteiger partial charge in [-0.3, -0.25) is 0 Å². The maximum Gasteiger partial charge on any atom is 0.0992 e. The first kappa shape index (κ1) is 16.8. The number of halogens is 1. The predicted octanol–water partition coefficient (Wildman–Crippen LogP) is 3.77. The molecule has 0 spiro atoms. The van der Waals surface area contributed by atoms with Gasteiger partial charge >= 0.3 is 0 Å². The molecule has 4 heteroatoms. The Kier molecular flexibility index (Phi) is 7.43. The average Bonchev–Trinajstić information content (AvgIpc) is 2.48. The molecule has 0 saturated carbocycles. The van der Waals surface area contributed by atoms with E-state index in [-0.39, 0.29) is 0 Å². The van der Waals surface area contributed by atoms with Crippen LogP contribution in [-0.2, 0) is 0 Å². The molecule has 0 aliphatic heterocycles. The van der Waals surface area contributed by atoms with E-state index in [1.165, 1.54) is 0 Å². The molecule has 0 atom stereocenters. The largest absolute Gasteiger partial charge is 0.371 e. The third kappa shape index (κ3) is 4.70. The lowest BCUT2D eigenvalue weighted by molar-refractivity contribution is 0.301. The van der Waals surface area contributed by atoms with Crippen LogP contribution in [0.5, 0.6) is 0 Å². The van der Waals surface area contributed by atoms with Crippen LogP contribution in [0.3, 0.4) is 0 Å². The highest BCUT2D eigenvalue weighted by atomic mass is 35.5. The van der Waals surface area contributed by atoms with Gasteiger partial charge in [-0.2, -0.15) is 5.26 Å². The van der Waals surface area contributed by atoms with Gasteiger partial charge in [-0.05, 0) is 51.2 Å². The molecule has 0 fully saturated rings. The standard InChI is InChI=1S/C16H24ClN3/c1-4-19(5-2)10-7-11-20(6-3)16-9-8-14(13-18)12-15(16)17/h8-9,12H,4-7,10-11H2,1-3H3. The van der Waals surface area contributed by atoms with Crippen molar-refractivity contribution in [2.75, 3.05) is 37.6 Å². The first-order chi connectivity index (χ1) is 9.65. The Bertz CT molecular complexity index is 450. The molecule has 0 N–H and O–H groups in total. The number of hydrogen-bond acceptors (Lipinski definition) is 3. The highest BCUT2D eigenvalue weighted by Crippen LogP contribution is 2.26. The summed E-state index contributed by atoms with van der Waals surface area (Å²) in [6.07, 6.45) is 1.12. The molecular weight excluding hydrogens is 270 g/mol. The van der Waals surface area contributed by atoms with E-state index in [1.54, 1.807) is 6.07 Å². The highest BCUT2D eigenvalue weighted by molar-refractivity contribution is 6.33. The van der Waals surface area contributed by atoms with Crippen molar-refractivity contribution in [2.45, 2.75) is 27.2 Å². The summed E-state index contributed by atoms with van der Waals surface area (Å²) in [5, 5.41) is 9.54. The number of rotatable bonds is 8. The first-order valence-corrected chi connectivity index (χ1v) is 7.70. The lowest BCUT2D eigenvalue weighted by atomic mass is 10.2. The minimum absolute atomic E-state index is 0.609. The second kappa shape index (κ2) is 8.84. The molecule has 1 rings (SSSR count). The summed E-state index contributed by atoms with van der Waals surface area (Å²) in [7, 11) is 0. The van der Waals surface area contributed by atoms with Crippen LogP contribution in [0.2, 0.25) is 5.02 Å². The van der Waals surface area contributed by atoms with E-state index in [2.05, 4.69) is 36.6 Å². The Morgan fingerprint density at radius 3 is 2.30 bits per heavy atom. The van der Waals surface area contributed by atoms with Gasteiger partial charge in [0.1, 0.15) is 0 Å². The van der Waals surface area contributed by atoms with Crippen molar-refractivity contribution >= 4 is 17.3 Å². The van der Waals surface area contributed by atoms with E-state index in [0.717, 1.165) is 44.8 Å². The maximum absolute atomic E-state index is 8.88. The molecule has 0 aromatic heterocycles. The number of nitriles is 1. The van der Waals surface area contributed by atoms with Gasteiger partial charge < -0.3 is 9.80 Å². The molecule has 0 unspecified atom stereocenters. The van der Waals surface area contributed by atoms with Gasteiger partial charge in [-0.1, -0.05) is 25.4 Å². The van der Waals surface area contributed by atoms with E-state index in [0.29, 0.717) is 10.6 Å². The van der Waals surface area contributed by atoms with E-state index < -0.39 is 0 Å². The molecule has 1 aromatic carbocycles. The minimum atomic E-state index is 0.609. The van der Waals surface area contributed by atoms with Crippen LogP contribution >= 0.6 is 11.6 Å². The van der Waals surface area contributed by atoms with E-state index in [9.17, 15) is 0 Å². The molecule has 3 nitrogen and oxygen atoms in total. The summed E-state index contributed by atoms with van der Waals surface area (Å²) in [6, 6.07) is 7.63. The zero-order valence-electron chi connectivity index (χ0n) is 12.7. The van der Waals surface area contributed by atoms with Crippen LogP contribution in [0, 0.1) is 11.3 Å². The molecule has 110 valence electrons.